The summed E-state index contributed by atoms with van der Waals surface area (Å²) in [5.74, 6) is -0.544. The average Bonchev–Trinajstić information content (AvgIpc) is 3.25. The number of hydrogen-bond donors (Lipinski definition) is 2. The van der Waals surface area contributed by atoms with Gasteiger partial charge in [-0.2, -0.15) is 0 Å². The molecule has 2 heterocycles. The number of hydrogen-bond acceptors (Lipinski definition) is 5. The minimum absolute atomic E-state index is 0.0152. The van der Waals surface area contributed by atoms with Crippen LogP contribution in [0.5, 0.6) is 5.75 Å². The number of amides is 1. The molecule has 3 aromatic rings. The van der Waals surface area contributed by atoms with Gasteiger partial charge in [-0.05, 0) is 56.2 Å². The van der Waals surface area contributed by atoms with Crippen LogP contribution >= 0.6 is 0 Å². The lowest BCUT2D eigenvalue weighted by molar-refractivity contribution is -0.123. The van der Waals surface area contributed by atoms with Crippen LogP contribution in [0.3, 0.4) is 0 Å². The minimum Gasteiger partial charge on any atom is -0.503 e. The average molecular weight is 448 g/mol. The number of anilines is 1. The van der Waals surface area contributed by atoms with Crippen LogP contribution in [0, 0.1) is 12.3 Å². The maximum absolute atomic E-state index is 13.4. The number of rotatable bonds is 5. The molecule has 2 N–H and O–H groups in total. The van der Waals surface area contributed by atoms with Gasteiger partial charge in [0.25, 0.3) is 5.91 Å². The molecule has 0 saturated heterocycles. The summed E-state index contributed by atoms with van der Waals surface area (Å²) >= 11 is 0. The highest BCUT2D eigenvalue weighted by Crippen LogP contribution is 2.43. The Morgan fingerprint density at radius 2 is 1.82 bits per heavy atom. The summed E-state index contributed by atoms with van der Waals surface area (Å²) in [6, 6.07) is 12.1. The second-order valence-electron chi connectivity index (χ2n) is 9.74. The first kappa shape index (κ1) is 22.6. The minimum atomic E-state index is -0.820. The van der Waals surface area contributed by atoms with Crippen molar-refractivity contribution in [3.05, 3.63) is 64.9 Å². The Balaban J connectivity index is 1.85. The quantitative estimate of drug-likeness (QED) is 0.562. The molecule has 7 nitrogen and oxygen atoms in total. The third kappa shape index (κ3) is 4.11. The van der Waals surface area contributed by atoms with Crippen molar-refractivity contribution in [3.8, 4) is 5.75 Å². The number of nitrogens with zero attached hydrogens (tertiary/aromatic N) is 2. The molecule has 0 saturated carbocycles. The van der Waals surface area contributed by atoms with Crippen molar-refractivity contribution in [3.63, 3.8) is 0 Å². The molecule has 0 spiro atoms. The Labute approximate surface area is 193 Å². The predicted molar refractivity (Wildman–Crippen MR) is 127 cm³/mol. The lowest BCUT2D eigenvalue weighted by Crippen LogP contribution is -2.33. The highest BCUT2D eigenvalue weighted by molar-refractivity contribution is 6.17. The normalized spacial score (nSPS) is 16.9. The van der Waals surface area contributed by atoms with Crippen molar-refractivity contribution in [1.29, 1.82) is 0 Å². The number of Topliss-reactive ketones (excluding diaryl/α,β-unsaturated/α-hetero) is 1. The van der Waals surface area contributed by atoms with E-state index in [2.05, 4.69) is 9.97 Å². The summed E-state index contributed by atoms with van der Waals surface area (Å²) in [7, 11) is 0. The first-order valence-electron chi connectivity index (χ1n) is 11.0. The highest BCUT2D eigenvalue weighted by atomic mass is 16.5. The third-order valence-corrected chi connectivity index (χ3v) is 5.55. The molecule has 1 aliphatic rings. The number of carbonyl (C=O) groups excluding carboxylic acids is 2. The van der Waals surface area contributed by atoms with Gasteiger partial charge in [-0.1, -0.05) is 39.0 Å². The molecule has 2 aromatic carbocycles. The van der Waals surface area contributed by atoms with Crippen LogP contribution in [0.2, 0.25) is 0 Å². The van der Waals surface area contributed by atoms with Crippen molar-refractivity contribution >= 4 is 28.7 Å². The molecule has 1 amide bonds. The molecule has 7 heteroatoms. The van der Waals surface area contributed by atoms with E-state index in [0.717, 1.165) is 11.1 Å². The number of imidazole rings is 1. The van der Waals surface area contributed by atoms with Crippen molar-refractivity contribution < 1.29 is 19.4 Å². The number of benzene rings is 2. The van der Waals surface area contributed by atoms with Crippen molar-refractivity contribution in [2.45, 2.75) is 53.7 Å². The molecule has 0 radical (unpaired) electrons. The number of H-pyrrole nitrogens is 1. The van der Waals surface area contributed by atoms with Crippen LogP contribution in [0.25, 0.3) is 11.0 Å². The van der Waals surface area contributed by atoms with Gasteiger partial charge in [0.05, 0.1) is 28.8 Å². The number of carbonyl (C=O) groups is 2. The maximum atomic E-state index is 13.4. The molecular formula is C26H29N3O4. The third-order valence-electron chi connectivity index (χ3n) is 5.55. The fourth-order valence-electron chi connectivity index (χ4n) is 4.00. The largest absolute Gasteiger partial charge is 0.503 e. The summed E-state index contributed by atoms with van der Waals surface area (Å²) in [6.07, 6.45) is 0.0152. The zero-order chi connectivity index (χ0) is 24.1. The standard InChI is InChI=1S/C26H29N3O4/c1-14(2)33-17-10-8-16(9-11-17)21-20(23(31)26(4,5)6)22(30)24(32)29(21)25-27-18-12-7-15(3)13-19(18)28-25/h7-14,21,30H,1-6H3,(H,27,28). The van der Waals surface area contributed by atoms with E-state index in [1.54, 1.807) is 32.9 Å². The number of aryl methyl sites for hydroxylation is 1. The molecule has 172 valence electrons. The van der Waals surface area contributed by atoms with Gasteiger partial charge in [0.15, 0.2) is 11.5 Å². The Bertz CT molecular complexity index is 1260. The summed E-state index contributed by atoms with van der Waals surface area (Å²) in [5.41, 5.74) is 2.47. The first-order valence-corrected chi connectivity index (χ1v) is 11.0. The fraction of sp³-hybridized carbons (Fsp3) is 0.346. The van der Waals surface area contributed by atoms with E-state index in [1.807, 2.05) is 51.1 Å². The van der Waals surface area contributed by atoms with Crippen LogP contribution < -0.4 is 9.64 Å². The van der Waals surface area contributed by atoms with E-state index in [-0.39, 0.29) is 23.4 Å². The lowest BCUT2D eigenvalue weighted by atomic mass is 9.82. The maximum Gasteiger partial charge on any atom is 0.296 e. The number of aromatic amines is 1. The molecule has 33 heavy (non-hydrogen) atoms. The van der Waals surface area contributed by atoms with Crippen LogP contribution in [-0.2, 0) is 9.59 Å². The smallest absolute Gasteiger partial charge is 0.296 e. The van der Waals surface area contributed by atoms with E-state index in [1.165, 1.54) is 4.90 Å². The van der Waals surface area contributed by atoms with Gasteiger partial charge in [0, 0.05) is 5.41 Å². The number of aliphatic hydroxyl groups is 1. The lowest BCUT2D eigenvalue weighted by Gasteiger charge is -2.27. The van der Waals surface area contributed by atoms with Crippen LogP contribution in [0.1, 0.15) is 51.8 Å². The van der Waals surface area contributed by atoms with E-state index < -0.39 is 23.1 Å². The monoisotopic (exact) mass is 447 g/mol. The van der Waals surface area contributed by atoms with Gasteiger partial charge in [-0.25, -0.2) is 4.98 Å². The zero-order valence-corrected chi connectivity index (χ0v) is 19.8. The summed E-state index contributed by atoms with van der Waals surface area (Å²) in [5, 5.41) is 10.8. The Morgan fingerprint density at radius 1 is 1.15 bits per heavy atom. The van der Waals surface area contributed by atoms with Crippen molar-refractivity contribution in [2.24, 2.45) is 5.41 Å². The molecule has 1 aliphatic heterocycles. The van der Waals surface area contributed by atoms with Gasteiger partial charge >= 0.3 is 0 Å². The number of nitrogens with one attached hydrogen (secondary N) is 1. The predicted octanol–water partition coefficient (Wildman–Crippen LogP) is 5.17. The Kier molecular flexibility index (Phi) is 5.52. The molecule has 0 aliphatic carbocycles. The van der Waals surface area contributed by atoms with E-state index in [0.29, 0.717) is 16.8 Å². The number of ether oxygens (including phenoxy) is 1. The number of ketones is 1. The Morgan fingerprint density at radius 3 is 2.42 bits per heavy atom. The van der Waals surface area contributed by atoms with Gasteiger partial charge in [-0.3, -0.25) is 14.5 Å². The van der Waals surface area contributed by atoms with Crippen LogP contribution in [0.4, 0.5) is 5.95 Å². The van der Waals surface area contributed by atoms with Crippen molar-refractivity contribution in [1.82, 2.24) is 9.97 Å². The molecule has 0 fully saturated rings. The second kappa shape index (κ2) is 8.06. The topological polar surface area (TPSA) is 95.5 Å². The Hall–Kier alpha value is -3.61. The summed E-state index contributed by atoms with van der Waals surface area (Å²) in [6.45, 7) is 11.2. The van der Waals surface area contributed by atoms with Gasteiger partial charge in [0.1, 0.15) is 5.75 Å². The molecule has 4 rings (SSSR count). The summed E-state index contributed by atoms with van der Waals surface area (Å²) < 4.78 is 5.74. The first-order chi connectivity index (χ1) is 15.5. The molecular weight excluding hydrogens is 418 g/mol. The van der Waals surface area contributed by atoms with Gasteiger partial charge < -0.3 is 14.8 Å². The molecule has 1 atom stereocenters. The van der Waals surface area contributed by atoms with Gasteiger partial charge in [-0.15, -0.1) is 0 Å². The number of aromatic nitrogens is 2. The number of fused-ring (bicyclic) bond motifs is 1. The second-order valence-corrected chi connectivity index (χ2v) is 9.74. The molecule has 1 unspecified atom stereocenters. The van der Waals surface area contributed by atoms with Crippen LogP contribution in [0.15, 0.2) is 53.8 Å². The number of aliphatic hydroxyl groups excluding tert-OH is 1. The van der Waals surface area contributed by atoms with E-state index >= 15 is 0 Å². The molecule has 0 bridgehead atoms. The zero-order valence-electron chi connectivity index (χ0n) is 19.8. The highest BCUT2D eigenvalue weighted by Gasteiger charge is 2.47. The van der Waals surface area contributed by atoms with Crippen molar-refractivity contribution in [2.75, 3.05) is 4.90 Å². The summed E-state index contributed by atoms with van der Waals surface area (Å²) in [4.78, 5) is 35.8. The fourth-order valence-corrected chi connectivity index (χ4v) is 4.00. The van der Waals surface area contributed by atoms with Crippen LogP contribution in [-0.4, -0.2) is 32.9 Å². The SMILES string of the molecule is Cc1ccc2nc(N3C(=O)C(O)=C(C(=O)C(C)(C)C)C3c3ccc(OC(C)C)cc3)[nH]c2c1. The van der Waals surface area contributed by atoms with E-state index in [9.17, 15) is 14.7 Å². The van der Waals surface area contributed by atoms with Gasteiger partial charge in [0.2, 0.25) is 5.95 Å². The van der Waals surface area contributed by atoms with E-state index in [4.69, 9.17) is 4.74 Å². The molecule has 1 aromatic heterocycles.